The van der Waals surface area contributed by atoms with Crippen molar-refractivity contribution < 1.29 is 22.7 Å². The molecule has 1 N–H and O–H groups in total. The van der Waals surface area contributed by atoms with Crippen molar-refractivity contribution in [3.63, 3.8) is 0 Å². The molecule has 3 saturated heterocycles. The molecule has 38 heavy (non-hydrogen) atoms. The standard InChI is InChI=1S/C25H28F3N7O3/c26-25(27,28)23-20(10-31-32-24(23)37)35-6-1-2-19(35)15-38-7-5-22(36)34-13-17-11-33(12-18(17)14-34)21-4-3-16(8-29)9-30-21/h3-4,9-10,17-19H,1-2,5-7,11-15H2,(H,32,37)/t17?,18?,19-/m0/s1. The number of amides is 1. The molecule has 0 saturated carbocycles. The zero-order valence-electron chi connectivity index (χ0n) is 20.7. The van der Waals surface area contributed by atoms with Gasteiger partial charge in [-0.25, -0.2) is 10.1 Å². The largest absolute Gasteiger partial charge is 0.423 e. The Hall–Kier alpha value is -3.66. The minimum atomic E-state index is -4.80. The molecular formula is C25H28F3N7O3. The number of aromatic nitrogens is 3. The summed E-state index contributed by atoms with van der Waals surface area (Å²) in [5.41, 5.74) is -2.23. The van der Waals surface area contributed by atoms with E-state index in [4.69, 9.17) is 10.00 Å². The van der Waals surface area contributed by atoms with Crippen LogP contribution in [0.3, 0.4) is 0 Å². The van der Waals surface area contributed by atoms with Crippen LogP contribution in [0, 0.1) is 23.2 Å². The zero-order valence-corrected chi connectivity index (χ0v) is 20.7. The topological polar surface area (TPSA) is 118 Å². The van der Waals surface area contributed by atoms with Gasteiger partial charge in [-0.05, 0) is 25.0 Å². The van der Waals surface area contributed by atoms with E-state index in [1.54, 1.807) is 12.3 Å². The summed E-state index contributed by atoms with van der Waals surface area (Å²) < 4.78 is 46.2. The number of carbonyl (C=O) groups is 1. The second-order valence-corrected chi connectivity index (χ2v) is 10.0. The lowest BCUT2D eigenvalue weighted by atomic mass is 10.0. The number of rotatable bonds is 7. The van der Waals surface area contributed by atoms with Crippen LogP contribution in [-0.4, -0.2) is 78.0 Å². The van der Waals surface area contributed by atoms with E-state index in [1.807, 2.05) is 16.1 Å². The number of nitrogens with one attached hydrogen (secondary N) is 1. The number of hydrogen-bond donors (Lipinski definition) is 1. The Morgan fingerprint density at radius 2 is 1.95 bits per heavy atom. The van der Waals surface area contributed by atoms with E-state index in [2.05, 4.69) is 21.1 Å². The number of anilines is 2. The van der Waals surface area contributed by atoms with Gasteiger partial charge >= 0.3 is 6.18 Å². The van der Waals surface area contributed by atoms with Gasteiger partial charge in [-0.1, -0.05) is 0 Å². The second-order valence-electron chi connectivity index (χ2n) is 10.0. The quantitative estimate of drug-likeness (QED) is 0.540. The Morgan fingerprint density at radius 3 is 2.61 bits per heavy atom. The fourth-order valence-electron chi connectivity index (χ4n) is 5.77. The van der Waals surface area contributed by atoms with E-state index in [0.29, 0.717) is 49.9 Å². The molecule has 3 fully saturated rings. The lowest BCUT2D eigenvalue weighted by molar-refractivity contribution is -0.138. The van der Waals surface area contributed by atoms with Crippen LogP contribution in [0.25, 0.3) is 0 Å². The highest BCUT2D eigenvalue weighted by Crippen LogP contribution is 2.36. The normalized spacial score (nSPS) is 23.1. The number of halogens is 3. The monoisotopic (exact) mass is 531 g/mol. The molecule has 2 aromatic rings. The summed E-state index contributed by atoms with van der Waals surface area (Å²) in [6, 6.07) is 5.34. The maximum absolute atomic E-state index is 13.5. The zero-order chi connectivity index (χ0) is 26.9. The fraction of sp³-hybridized carbons (Fsp3) is 0.560. The number of alkyl halides is 3. The fourth-order valence-corrected chi connectivity index (χ4v) is 5.77. The van der Waals surface area contributed by atoms with Gasteiger partial charge in [0.1, 0.15) is 17.5 Å². The average molecular weight is 532 g/mol. The highest BCUT2D eigenvalue weighted by atomic mass is 19.4. The van der Waals surface area contributed by atoms with Crippen molar-refractivity contribution in [3.8, 4) is 6.07 Å². The van der Waals surface area contributed by atoms with Crippen LogP contribution in [0.15, 0.2) is 29.3 Å². The third-order valence-electron chi connectivity index (χ3n) is 7.62. The number of carbonyl (C=O) groups excluding carboxylic acids is 1. The van der Waals surface area contributed by atoms with Crippen molar-refractivity contribution >= 4 is 17.4 Å². The SMILES string of the molecule is N#Cc1ccc(N2CC3CN(C(=O)CCOC[C@@H]4CCCN4c4cn[nH]c(=O)c4C(F)(F)F)CC3C2)nc1. The number of nitriles is 1. The Balaban J connectivity index is 1.08. The summed E-state index contributed by atoms with van der Waals surface area (Å²) in [7, 11) is 0. The first-order chi connectivity index (χ1) is 18.2. The summed E-state index contributed by atoms with van der Waals surface area (Å²) in [6.07, 6.45) is -0.700. The van der Waals surface area contributed by atoms with Crippen LogP contribution in [0.2, 0.25) is 0 Å². The first-order valence-electron chi connectivity index (χ1n) is 12.6. The van der Waals surface area contributed by atoms with Crippen LogP contribution in [0.4, 0.5) is 24.7 Å². The minimum Gasteiger partial charge on any atom is -0.379 e. The van der Waals surface area contributed by atoms with Crippen LogP contribution in [-0.2, 0) is 15.7 Å². The molecule has 5 rings (SSSR count). The Morgan fingerprint density at radius 1 is 1.18 bits per heavy atom. The van der Waals surface area contributed by atoms with Crippen molar-refractivity contribution in [1.82, 2.24) is 20.1 Å². The third-order valence-corrected chi connectivity index (χ3v) is 7.62. The number of aromatic amines is 1. The molecule has 5 heterocycles. The molecule has 3 atom stereocenters. The summed E-state index contributed by atoms with van der Waals surface area (Å²) in [6.45, 7) is 3.65. The minimum absolute atomic E-state index is 0.00359. The first kappa shape index (κ1) is 26.0. The van der Waals surface area contributed by atoms with Crippen molar-refractivity contribution in [2.75, 3.05) is 55.7 Å². The molecule has 2 aromatic heterocycles. The summed E-state index contributed by atoms with van der Waals surface area (Å²) >= 11 is 0. The van der Waals surface area contributed by atoms with Gasteiger partial charge < -0.3 is 19.4 Å². The van der Waals surface area contributed by atoms with Gasteiger partial charge in [-0.15, -0.1) is 0 Å². The van der Waals surface area contributed by atoms with Crippen LogP contribution in [0.5, 0.6) is 0 Å². The predicted molar refractivity (Wildman–Crippen MR) is 130 cm³/mol. The maximum Gasteiger partial charge on any atom is 0.423 e. The molecular weight excluding hydrogens is 503 g/mol. The number of H-pyrrole nitrogens is 1. The lowest BCUT2D eigenvalue weighted by Crippen LogP contribution is -2.37. The molecule has 1 amide bonds. The van der Waals surface area contributed by atoms with Crippen LogP contribution >= 0.6 is 0 Å². The summed E-state index contributed by atoms with van der Waals surface area (Å²) in [5, 5.41) is 14.4. The molecule has 0 aliphatic carbocycles. The molecule has 0 aromatic carbocycles. The highest BCUT2D eigenvalue weighted by Gasteiger charge is 2.42. The molecule has 10 nitrogen and oxygen atoms in total. The van der Waals surface area contributed by atoms with E-state index in [-0.39, 0.29) is 37.3 Å². The number of fused-ring (bicyclic) bond motifs is 1. The van der Waals surface area contributed by atoms with Gasteiger partial charge in [0.2, 0.25) is 5.91 Å². The molecule has 202 valence electrons. The highest BCUT2D eigenvalue weighted by molar-refractivity contribution is 5.76. The number of pyridine rings is 1. The van der Waals surface area contributed by atoms with Gasteiger partial charge in [0.15, 0.2) is 0 Å². The Kier molecular flexibility index (Phi) is 7.25. The van der Waals surface area contributed by atoms with Gasteiger partial charge in [-0.3, -0.25) is 9.59 Å². The predicted octanol–water partition coefficient (Wildman–Crippen LogP) is 2.03. The van der Waals surface area contributed by atoms with Gasteiger partial charge in [0, 0.05) is 50.8 Å². The molecule has 0 spiro atoms. The molecule has 3 aliphatic heterocycles. The van der Waals surface area contributed by atoms with Crippen LogP contribution in [0.1, 0.15) is 30.4 Å². The maximum atomic E-state index is 13.5. The average Bonchev–Trinajstić information content (AvgIpc) is 3.61. The van der Waals surface area contributed by atoms with E-state index in [1.165, 1.54) is 4.90 Å². The number of hydrogen-bond acceptors (Lipinski definition) is 8. The van der Waals surface area contributed by atoms with Crippen molar-refractivity contribution in [3.05, 3.63) is 46.0 Å². The molecule has 0 bridgehead atoms. The lowest BCUT2D eigenvalue weighted by Gasteiger charge is -2.28. The van der Waals surface area contributed by atoms with E-state index in [9.17, 15) is 22.8 Å². The molecule has 0 radical (unpaired) electrons. The third kappa shape index (κ3) is 5.31. The van der Waals surface area contributed by atoms with Crippen molar-refractivity contribution in [2.45, 2.75) is 31.5 Å². The number of nitrogens with zero attached hydrogens (tertiary/aromatic N) is 6. The van der Waals surface area contributed by atoms with E-state index >= 15 is 0 Å². The van der Waals surface area contributed by atoms with E-state index in [0.717, 1.165) is 25.1 Å². The van der Waals surface area contributed by atoms with Gasteiger partial charge in [0.05, 0.1) is 43.1 Å². The number of ether oxygens (including phenoxy) is 1. The Labute approximate surface area is 217 Å². The Bertz CT molecular complexity index is 1250. The van der Waals surface area contributed by atoms with E-state index < -0.39 is 17.3 Å². The van der Waals surface area contributed by atoms with Crippen molar-refractivity contribution in [2.24, 2.45) is 11.8 Å². The summed E-state index contributed by atoms with van der Waals surface area (Å²) in [5.74, 6) is 1.55. The summed E-state index contributed by atoms with van der Waals surface area (Å²) in [4.78, 5) is 34.6. The van der Waals surface area contributed by atoms with Gasteiger partial charge in [0.25, 0.3) is 5.56 Å². The molecule has 13 heteroatoms. The van der Waals surface area contributed by atoms with Crippen molar-refractivity contribution in [1.29, 1.82) is 5.26 Å². The first-order valence-corrected chi connectivity index (χ1v) is 12.6. The van der Waals surface area contributed by atoms with Gasteiger partial charge in [-0.2, -0.15) is 23.5 Å². The smallest absolute Gasteiger partial charge is 0.379 e. The van der Waals surface area contributed by atoms with Crippen LogP contribution < -0.4 is 15.4 Å². The molecule has 3 aliphatic rings. The molecule has 2 unspecified atom stereocenters. The second kappa shape index (κ2) is 10.6. The number of likely N-dealkylation sites (tertiary alicyclic amines) is 1.